The first-order valence-electron chi connectivity index (χ1n) is 7.01. The fourth-order valence-corrected chi connectivity index (χ4v) is 2.43. The molecule has 1 aromatic carbocycles. The molecule has 1 heterocycles. The summed E-state index contributed by atoms with van der Waals surface area (Å²) in [4.78, 5) is 23.6. The minimum Gasteiger partial charge on any atom is -0.351 e. The van der Waals surface area contributed by atoms with Crippen LogP contribution in [0.5, 0.6) is 0 Å². The number of hydrogen-bond donors (Lipinski definition) is 3. The Morgan fingerprint density at radius 2 is 1.96 bits per heavy atom. The molecule has 2 aromatic rings. The van der Waals surface area contributed by atoms with Crippen LogP contribution in [0.15, 0.2) is 40.0 Å². The van der Waals surface area contributed by atoms with Gasteiger partial charge in [-0.1, -0.05) is 13.3 Å². The van der Waals surface area contributed by atoms with Gasteiger partial charge < -0.3 is 5.32 Å². The van der Waals surface area contributed by atoms with Gasteiger partial charge in [0.2, 0.25) is 0 Å². The number of H-pyrrole nitrogens is 1. The first-order chi connectivity index (χ1) is 10.8. The molecule has 0 aliphatic carbocycles. The number of hydrogen-bond acceptors (Lipinski definition) is 4. The van der Waals surface area contributed by atoms with Crippen molar-refractivity contribution >= 4 is 16.0 Å². The van der Waals surface area contributed by atoms with E-state index in [0.717, 1.165) is 23.6 Å². The molecule has 0 saturated carbocycles. The number of carbonyl (C=O) groups excluding carboxylic acids is 1. The second-order valence-electron chi connectivity index (χ2n) is 4.92. The predicted molar refractivity (Wildman–Crippen MR) is 83.4 cm³/mol. The highest BCUT2D eigenvalue weighted by Crippen LogP contribution is 2.12. The molecule has 0 bridgehead atoms. The third kappa shape index (κ3) is 4.08. The van der Waals surface area contributed by atoms with Gasteiger partial charge in [-0.25, -0.2) is 4.68 Å². The minimum absolute atomic E-state index is 0.116. The zero-order chi connectivity index (χ0) is 17.0. The number of carbonyl (C=O) groups is 1. The summed E-state index contributed by atoms with van der Waals surface area (Å²) in [6, 6.07) is 6.19. The maximum absolute atomic E-state index is 11.9. The number of unbranched alkanes of at least 4 members (excludes halogenated alkanes) is 1. The molecule has 1 amide bonds. The van der Waals surface area contributed by atoms with Gasteiger partial charge in [0.25, 0.3) is 21.6 Å². The summed E-state index contributed by atoms with van der Waals surface area (Å²) in [5.74, 6) is -0.385. The normalized spacial score (nSPS) is 11.4. The molecule has 0 aliphatic heterocycles. The van der Waals surface area contributed by atoms with Crippen molar-refractivity contribution in [2.24, 2.45) is 0 Å². The van der Waals surface area contributed by atoms with Crippen molar-refractivity contribution in [3.63, 3.8) is 0 Å². The molecule has 0 aliphatic rings. The van der Waals surface area contributed by atoms with Crippen LogP contribution in [0.25, 0.3) is 5.69 Å². The standard InChI is InChI=1S/C14H17N3O5S/c1-2-3-8-15-14(19)12-9-13(18)17(16-12)10-4-6-11(7-5-10)23(20,21)22/h4-7,9,16H,2-3,8H2,1H3,(H,15,19)(H,20,21,22). The summed E-state index contributed by atoms with van der Waals surface area (Å²) in [5.41, 5.74) is 0.00483. The molecule has 0 spiro atoms. The van der Waals surface area contributed by atoms with Crippen LogP contribution in [0, 0.1) is 0 Å². The van der Waals surface area contributed by atoms with Gasteiger partial charge in [-0.15, -0.1) is 0 Å². The summed E-state index contributed by atoms with van der Waals surface area (Å²) in [7, 11) is -4.29. The van der Waals surface area contributed by atoms with Crippen LogP contribution in [0.1, 0.15) is 30.3 Å². The Balaban J connectivity index is 2.24. The monoisotopic (exact) mass is 339 g/mol. The molecule has 124 valence electrons. The number of amides is 1. The van der Waals surface area contributed by atoms with Gasteiger partial charge in [0.05, 0.1) is 10.6 Å². The van der Waals surface area contributed by atoms with Crippen LogP contribution in [0.3, 0.4) is 0 Å². The third-order valence-corrected chi connectivity index (χ3v) is 4.04. The highest BCUT2D eigenvalue weighted by molar-refractivity contribution is 7.85. The van der Waals surface area contributed by atoms with E-state index in [9.17, 15) is 18.0 Å². The summed E-state index contributed by atoms with van der Waals surface area (Å²) < 4.78 is 32.0. The smallest absolute Gasteiger partial charge is 0.294 e. The number of aromatic nitrogens is 2. The Morgan fingerprint density at radius 3 is 2.52 bits per heavy atom. The summed E-state index contributed by atoms with van der Waals surface area (Å²) >= 11 is 0. The Labute approximate surface area is 132 Å². The van der Waals surface area contributed by atoms with Crippen molar-refractivity contribution in [2.45, 2.75) is 24.7 Å². The van der Waals surface area contributed by atoms with E-state index < -0.39 is 15.7 Å². The predicted octanol–water partition coefficient (Wildman–Crippen LogP) is 0.942. The van der Waals surface area contributed by atoms with Gasteiger partial charge in [-0.05, 0) is 30.7 Å². The van der Waals surface area contributed by atoms with Crippen LogP contribution < -0.4 is 10.9 Å². The minimum atomic E-state index is -4.29. The van der Waals surface area contributed by atoms with E-state index in [0.29, 0.717) is 12.2 Å². The molecular formula is C14H17N3O5S. The molecular weight excluding hydrogens is 322 g/mol. The van der Waals surface area contributed by atoms with Gasteiger partial charge in [-0.3, -0.25) is 19.2 Å². The van der Waals surface area contributed by atoms with Crippen molar-refractivity contribution in [1.82, 2.24) is 15.1 Å². The van der Waals surface area contributed by atoms with Crippen molar-refractivity contribution in [3.8, 4) is 5.69 Å². The fourth-order valence-electron chi connectivity index (χ4n) is 1.95. The number of aromatic amines is 1. The van der Waals surface area contributed by atoms with E-state index in [1.807, 2.05) is 6.92 Å². The molecule has 8 nitrogen and oxygen atoms in total. The van der Waals surface area contributed by atoms with Crippen molar-refractivity contribution in [2.75, 3.05) is 6.54 Å². The average molecular weight is 339 g/mol. The molecule has 2 rings (SSSR count). The highest BCUT2D eigenvalue weighted by Gasteiger charge is 2.13. The molecule has 9 heteroatoms. The first-order valence-corrected chi connectivity index (χ1v) is 8.45. The SMILES string of the molecule is CCCCNC(=O)c1cc(=O)n(-c2ccc(S(=O)(=O)O)cc2)[nH]1. The van der Waals surface area contributed by atoms with Gasteiger partial charge in [0.15, 0.2) is 0 Å². The molecule has 0 fully saturated rings. The number of benzene rings is 1. The lowest BCUT2D eigenvalue weighted by atomic mass is 10.3. The van der Waals surface area contributed by atoms with E-state index in [1.165, 1.54) is 24.3 Å². The first kappa shape index (κ1) is 17.0. The molecule has 1 aromatic heterocycles. The maximum atomic E-state index is 11.9. The number of nitrogens with zero attached hydrogens (tertiary/aromatic N) is 1. The summed E-state index contributed by atoms with van der Waals surface area (Å²) in [5, 5.41) is 5.35. The van der Waals surface area contributed by atoms with E-state index in [4.69, 9.17) is 4.55 Å². The lowest BCUT2D eigenvalue weighted by Gasteiger charge is -2.04. The van der Waals surface area contributed by atoms with Gasteiger partial charge in [0.1, 0.15) is 5.69 Å². The van der Waals surface area contributed by atoms with Crippen LogP contribution in [-0.2, 0) is 10.1 Å². The van der Waals surface area contributed by atoms with E-state index in [2.05, 4.69) is 10.4 Å². The van der Waals surface area contributed by atoms with Gasteiger partial charge in [-0.2, -0.15) is 8.42 Å². The molecule has 23 heavy (non-hydrogen) atoms. The van der Waals surface area contributed by atoms with Crippen LogP contribution >= 0.6 is 0 Å². The average Bonchev–Trinajstić information content (AvgIpc) is 2.89. The van der Waals surface area contributed by atoms with E-state index in [1.54, 1.807) is 0 Å². The fraction of sp³-hybridized carbons (Fsp3) is 0.286. The van der Waals surface area contributed by atoms with Crippen molar-refractivity contribution < 1.29 is 17.8 Å². The van der Waals surface area contributed by atoms with Crippen molar-refractivity contribution in [3.05, 3.63) is 46.4 Å². The second-order valence-corrected chi connectivity index (χ2v) is 6.34. The maximum Gasteiger partial charge on any atom is 0.294 e. The van der Waals surface area contributed by atoms with Crippen molar-refractivity contribution in [1.29, 1.82) is 0 Å². The topological polar surface area (TPSA) is 121 Å². The van der Waals surface area contributed by atoms with Gasteiger partial charge >= 0.3 is 0 Å². The Kier molecular flexibility index (Phi) is 5.02. The quantitative estimate of drug-likeness (QED) is 0.534. The lowest BCUT2D eigenvalue weighted by molar-refractivity contribution is 0.0947. The zero-order valence-corrected chi connectivity index (χ0v) is 13.3. The zero-order valence-electron chi connectivity index (χ0n) is 12.4. The third-order valence-electron chi connectivity index (χ3n) is 3.17. The molecule has 0 radical (unpaired) electrons. The molecule has 0 unspecified atom stereocenters. The Bertz CT molecular complexity index is 849. The van der Waals surface area contributed by atoms with Gasteiger partial charge in [0, 0.05) is 12.6 Å². The number of nitrogens with one attached hydrogen (secondary N) is 2. The van der Waals surface area contributed by atoms with Crippen LogP contribution in [0.2, 0.25) is 0 Å². The summed E-state index contributed by atoms with van der Waals surface area (Å²) in [6.45, 7) is 2.52. The molecule has 0 saturated heterocycles. The highest BCUT2D eigenvalue weighted by atomic mass is 32.2. The van der Waals surface area contributed by atoms with Crippen LogP contribution in [0.4, 0.5) is 0 Å². The second kappa shape index (κ2) is 6.80. The largest absolute Gasteiger partial charge is 0.351 e. The lowest BCUT2D eigenvalue weighted by Crippen LogP contribution is -2.24. The number of rotatable bonds is 6. The Hall–Kier alpha value is -2.39. The van der Waals surface area contributed by atoms with Crippen LogP contribution in [-0.4, -0.2) is 35.2 Å². The Morgan fingerprint density at radius 1 is 1.30 bits per heavy atom. The molecule has 3 N–H and O–H groups in total. The van der Waals surface area contributed by atoms with E-state index >= 15 is 0 Å². The summed E-state index contributed by atoms with van der Waals surface area (Å²) in [6.07, 6.45) is 1.78. The molecule has 0 atom stereocenters. The van der Waals surface area contributed by atoms with E-state index in [-0.39, 0.29) is 16.5 Å².